The molecule has 8 heteroatoms. The van der Waals surface area contributed by atoms with Gasteiger partial charge in [0, 0.05) is 17.8 Å². The number of nitro benzene ring substituents is 1. The van der Waals surface area contributed by atoms with Crippen molar-refractivity contribution in [3.63, 3.8) is 0 Å². The van der Waals surface area contributed by atoms with Crippen LogP contribution in [0.2, 0.25) is 0 Å². The Hall–Kier alpha value is -3.42. The first-order chi connectivity index (χ1) is 11.9. The second kappa shape index (κ2) is 7.91. The first-order valence-corrected chi connectivity index (χ1v) is 7.27. The molecule has 2 rings (SSSR count). The largest absolute Gasteiger partial charge is 0.496 e. The third kappa shape index (κ3) is 4.77. The fourth-order valence-electron chi connectivity index (χ4n) is 2.10. The Balaban J connectivity index is 2.03. The van der Waals surface area contributed by atoms with Gasteiger partial charge in [0.2, 0.25) is 0 Å². The van der Waals surface area contributed by atoms with Crippen molar-refractivity contribution in [2.75, 3.05) is 19.0 Å². The number of nitro groups is 1. The maximum Gasteiger partial charge on any atom is 0.342 e. The molecule has 0 saturated carbocycles. The number of ether oxygens (including phenoxy) is 2. The summed E-state index contributed by atoms with van der Waals surface area (Å²) in [6.07, 6.45) is 0. The molecular weight excluding hydrogens is 328 g/mol. The van der Waals surface area contributed by atoms with Gasteiger partial charge in [-0.1, -0.05) is 12.1 Å². The summed E-state index contributed by atoms with van der Waals surface area (Å²) >= 11 is 0. The molecule has 0 spiro atoms. The SMILES string of the molecule is COc1ccc([N+](=O)[O-])cc1C(=O)OCC(=O)Nc1cccc(C)c1. The zero-order chi connectivity index (χ0) is 18.4. The highest BCUT2D eigenvalue weighted by Gasteiger charge is 2.19. The molecule has 0 fully saturated rings. The molecule has 1 N–H and O–H groups in total. The quantitative estimate of drug-likeness (QED) is 0.490. The molecule has 8 nitrogen and oxygen atoms in total. The molecule has 1 amide bonds. The lowest BCUT2D eigenvalue weighted by molar-refractivity contribution is -0.384. The van der Waals surface area contributed by atoms with E-state index in [2.05, 4.69) is 5.32 Å². The van der Waals surface area contributed by atoms with Crippen LogP contribution in [0.3, 0.4) is 0 Å². The summed E-state index contributed by atoms with van der Waals surface area (Å²) in [5, 5.41) is 13.4. The Bertz CT molecular complexity index is 819. The van der Waals surface area contributed by atoms with Crippen LogP contribution in [0.15, 0.2) is 42.5 Å². The first-order valence-electron chi connectivity index (χ1n) is 7.27. The van der Waals surface area contributed by atoms with Crippen molar-refractivity contribution in [3.8, 4) is 5.75 Å². The van der Waals surface area contributed by atoms with Crippen molar-refractivity contribution in [2.45, 2.75) is 6.92 Å². The zero-order valence-corrected chi connectivity index (χ0v) is 13.6. The minimum atomic E-state index is -0.889. The van der Waals surface area contributed by atoms with Crippen molar-refractivity contribution in [3.05, 3.63) is 63.7 Å². The van der Waals surface area contributed by atoms with E-state index < -0.39 is 23.4 Å². The lowest BCUT2D eigenvalue weighted by atomic mass is 10.2. The van der Waals surface area contributed by atoms with Crippen molar-refractivity contribution in [2.24, 2.45) is 0 Å². The molecule has 0 aliphatic carbocycles. The van der Waals surface area contributed by atoms with E-state index in [0.29, 0.717) is 5.69 Å². The van der Waals surface area contributed by atoms with Gasteiger partial charge >= 0.3 is 5.97 Å². The Morgan fingerprint density at radius 1 is 1.20 bits per heavy atom. The maximum atomic E-state index is 12.1. The molecule has 25 heavy (non-hydrogen) atoms. The molecule has 0 aliphatic rings. The Labute approximate surface area is 143 Å². The van der Waals surface area contributed by atoms with Gasteiger partial charge in [0.05, 0.1) is 12.0 Å². The van der Waals surface area contributed by atoms with Gasteiger partial charge in [-0.25, -0.2) is 4.79 Å². The number of amides is 1. The number of aryl methyl sites for hydroxylation is 1. The summed E-state index contributed by atoms with van der Waals surface area (Å²) in [7, 11) is 1.32. The fourth-order valence-corrected chi connectivity index (χ4v) is 2.10. The predicted molar refractivity (Wildman–Crippen MR) is 89.7 cm³/mol. The molecule has 0 radical (unpaired) electrons. The molecule has 0 heterocycles. The highest BCUT2D eigenvalue weighted by atomic mass is 16.6. The van der Waals surface area contributed by atoms with E-state index >= 15 is 0 Å². The smallest absolute Gasteiger partial charge is 0.342 e. The molecule has 0 bridgehead atoms. The summed E-state index contributed by atoms with van der Waals surface area (Å²) in [6.45, 7) is 1.35. The molecule has 0 aliphatic heterocycles. The highest BCUT2D eigenvalue weighted by molar-refractivity contribution is 5.97. The van der Waals surface area contributed by atoms with Crippen LogP contribution in [-0.4, -0.2) is 30.5 Å². The number of hydrogen-bond donors (Lipinski definition) is 1. The summed E-state index contributed by atoms with van der Waals surface area (Å²) in [6, 6.07) is 10.7. The van der Waals surface area contributed by atoms with Crippen LogP contribution in [0.25, 0.3) is 0 Å². The molecule has 2 aromatic rings. The Kier molecular flexibility index (Phi) is 5.67. The van der Waals surface area contributed by atoms with Gasteiger partial charge in [-0.15, -0.1) is 0 Å². The maximum absolute atomic E-state index is 12.1. The highest BCUT2D eigenvalue weighted by Crippen LogP contribution is 2.24. The molecule has 130 valence electrons. The molecule has 0 atom stereocenters. The third-order valence-corrected chi connectivity index (χ3v) is 3.25. The number of benzene rings is 2. The number of hydrogen-bond acceptors (Lipinski definition) is 6. The summed E-state index contributed by atoms with van der Waals surface area (Å²) < 4.78 is 9.91. The Morgan fingerprint density at radius 3 is 2.60 bits per heavy atom. The molecule has 0 unspecified atom stereocenters. The Morgan fingerprint density at radius 2 is 1.96 bits per heavy atom. The van der Waals surface area contributed by atoms with Crippen LogP contribution >= 0.6 is 0 Å². The number of methoxy groups -OCH3 is 1. The number of anilines is 1. The monoisotopic (exact) mass is 344 g/mol. The van der Waals surface area contributed by atoms with Gasteiger partial charge in [0.1, 0.15) is 11.3 Å². The van der Waals surface area contributed by atoms with E-state index in [1.54, 1.807) is 18.2 Å². The number of rotatable bonds is 6. The van der Waals surface area contributed by atoms with E-state index in [9.17, 15) is 19.7 Å². The average molecular weight is 344 g/mol. The lowest BCUT2D eigenvalue weighted by Gasteiger charge is -2.09. The van der Waals surface area contributed by atoms with E-state index in [0.717, 1.165) is 11.6 Å². The van der Waals surface area contributed by atoms with E-state index in [-0.39, 0.29) is 17.0 Å². The van der Waals surface area contributed by atoms with Gasteiger partial charge in [0.25, 0.3) is 11.6 Å². The summed E-state index contributed by atoms with van der Waals surface area (Å²) in [5.74, 6) is -1.29. The molecule has 0 aromatic heterocycles. The number of nitrogens with zero attached hydrogens (tertiary/aromatic N) is 1. The van der Waals surface area contributed by atoms with Crippen LogP contribution in [0.5, 0.6) is 5.75 Å². The van der Waals surface area contributed by atoms with Crippen LogP contribution in [-0.2, 0) is 9.53 Å². The van der Waals surface area contributed by atoms with Crippen molar-refractivity contribution < 1.29 is 24.0 Å². The number of carbonyl (C=O) groups excluding carboxylic acids is 2. The van der Waals surface area contributed by atoms with Crippen LogP contribution in [0.4, 0.5) is 11.4 Å². The minimum absolute atomic E-state index is 0.120. The van der Waals surface area contributed by atoms with Crippen molar-refractivity contribution >= 4 is 23.3 Å². The van der Waals surface area contributed by atoms with Gasteiger partial charge in [0.15, 0.2) is 6.61 Å². The second-order valence-corrected chi connectivity index (χ2v) is 5.14. The minimum Gasteiger partial charge on any atom is -0.496 e. The summed E-state index contributed by atoms with van der Waals surface area (Å²) in [5.41, 5.74) is 1.14. The topological polar surface area (TPSA) is 108 Å². The van der Waals surface area contributed by atoms with Crippen LogP contribution in [0.1, 0.15) is 15.9 Å². The number of nitrogens with one attached hydrogen (secondary N) is 1. The third-order valence-electron chi connectivity index (χ3n) is 3.25. The summed E-state index contributed by atoms with van der Waals surface area (Å²) in [4.78, 5) is 34.1. The standard InChI is InChI=1S/C17H16N2O6/c1-11-4-3-5-12(8-11)18-16(20)10-25-17(21)14-9-13(19(22)23)6-7-15(14)24-2/h3-9H,10H2,1-2H3,(H,18,20). The number of esters is 1. The van der Waals surface area contributed by atoms with Gasteiger partial charge < -0.3 is 14.8 Å². The van der Waals surface area contributed by atoms with Crippen LogP contribution < -0.4 is 10.1 Å². The molecule has 2 aromatic carbocycles. The van der Waals surface area contributed by atoms with Gasteiger partial charge in [-0.05, 0) is 30.7 Å². The molecular formula is C17H16N2O6. The van der Waals surface area contributed by atoms with Crippen molar-refractivity contribution in [1.29, 1.82) is 0 Å². The van der Waals surface area contributed by atoms with Crippen LogP contribution in [0, 0.1) is 17.0 Å². The zero-order valence-electron chi connectivity index (χ0n) is 13.6. The lowest BCUT2D eigenvalue weighted by Crippen LogP contribution is -2.21. The number of non-ortho nitro benzene ring substituents is 1. The normalized spacial score (nSPS) is 10.0. The van der Waals surface area contributed by atoms with E-state index in [4.69, 9.17) is 9.47 Å². The van der Waals surface area contributed by atoms with Crippen molar-refractivity contribution in [1.82, 2.24) is 0 Å². The predicted octanol–water partition coefficient (Wildman–Crippen LogP) is 2.71. The first kappa shape index (κ1) is 17.9. The average Bonchev–Trinajstić information content (AvgIpc) is 2.59. The van der Waals surface area contributed by atoms with E-state index in [1.807, 2.05) is 13.0 Å². The van der Waals surface area contributed by atoms with E-state index in [1.165, 1.54) is 19.2 Å². The van der Waals surface area contributed by atoms with Gasteiger partial charge in [-0.3, -0.25) is 14.9 Å². The number of carbonyl (C=O) groups is 2. The molecule has 0 saturated heterocycles. The van der Waals surface area contributed by atoms with Gasteiger partial charge in [-0.2, -0.15) is 0 Å². The fraction of sp³-hybridized carbons (Fsp3) is 0.176. The second-order valence-electron chi connectivity index (χ2n) is 5.14.